The lowest BCUT2D eigenvalue weighted by atomic mass is 10.1. The number of rotatable bonds is 7. The first-order valence-electron chi connectivity index (χ1n) is 5.86. The van der Waals surface area contributed by atoms with E-state index in [1.54, 1.807) is 25.3 Å². The van der Waals surface area contributed by atoms with Gasteiger partial charge in [0.2, 0.25) is 0 Å². The number of carbonyl (C=O) groups excluding carboxylic acids is 1. The molecule has 0 bridgehead atoms. The van der Waals surface area contributed by atoms with Crippen LogP contribution in [0.1, 0.15) is 10.4 Å². The molecule has 0 saturated carbocycles. The van der Waals surface area contributed by atoms with Gasteiger partial charge in [-0.2, -0.15) is 0 Å². The molecule has 5 nitrogen and oxygen atoms in total. The summed E-state index contributed by atoms with van der Waals surface area (Å²) in [6.07, 6.45) is 0. The SMILES string of the molecule is COCCN(CCO)C(=O)c1ccc(Cl)cc1OC. The Morgan fingerprint density at radius 1 is 1.37 bits per heavy atom. The zero-order valence-electron chi connectivity index (χ0n) is 11.1. The Morgan fingerprint density at radius 3 is 2.68 bits per heavy atom. The van der Waals surface area contributed by atoms with Crippen LogP contribution in [0.2, 0.25) is 5.02 Å². The number of hydrogen-bond donors (Lipinski definition) is 1. The monoisotopic (exact) mass is 287 g/mol. The summed E-state index contributed by atoms with van der Waals surface area (Å²) >= 11 is 5.86. The van der Waals surface area contributed by atoms with Crippen molar-refractivity contribution >= 4 is 17.5 Å². The number of ether oxygens (including phenoxy) is 2. The first-order chi connectivity index (χ1) is 9.13. The van der Waals surface area contributed by atoms with E-state index in [1.807, 2.05) is 0 Å². The predicted octanol–water partition coefficient (Wildman–Crippen LogP) is 1.43. The standard InChI is InChI=1S/C13H18ClNO4/c1-18-8-6-15(5-7-16)13(17)11-4-3-10(14)9-12(11)19-2/h3-4,9,16H,5-8H2,1-2H3. The molecule has 0 fully saturated rings. The number of halogens is 1. The van der Waals surface area contributed by atoms with Gasteiger partial charge in [0.1, 0.15) is 5.75 Å². The molecule has 19 heavy (non-hydrogen) atoms. The van der Waals surface area contributed by atoms with Crippen LogP contribution < -0.4 is 4.74 Å². The maximum atomic E-state index is 12.4. The lowest BCUT2D eigenvalue weighted by Gasteiger charge is -2.22. The molecule has 0 heterocycles. The molecule has 1 rings (SSSR count). The fourth-order valence-corrected chi connectivity index (χ4v) is 1.81. The van der Waals surface area contributed by atoms with Crippen LogP contribution in [0.25, 0.3) is 0 Å². The topological polar surface area (TPSA) is 59.0 Å². The summed E-state index contributed by atoms with van der Waals surface area (Å²) in [4.78, 5) is 13.9. The average Bonchev–Trinajstić information content (AvgIpc) is 2.42. The molecule has 0 aromatic heterocycles. The van der Waals surface area contributed by atoms with Crippen molar-refractivity contribution in [3.63, 3.8) is 0 Å². The molecule has 0 atom stereocenters. The lowest BCUT2D eigenvalue weighted by molar-refractivity contribution is 0.0653. The van der Waals surface area contributed by atoms with Gasteiger partial charge in [0.25, 0.3) is 5.91 Å². The Balaban J connectivity index is 2.94. The number of nitrogens with zero attached hydrogens (tertiary/aromatic N) is 1. The van der Waals surface area contributed by atoms with Gasteiger partial charge in [0.15, 0.2) is 0 Å². The molecule has 106 valence electrons. The average molecular weight is 288 g/mol. The van der Waals surface area contributed by atoms with Crippen LogP contribution in [-0.2, 0) is 4.74 Å². The van der Waals surface area contributed by atoms with Gasteiger partial charge < -0.3 is 19.5 Å². The summed E-state index contributed by atoms with van der Waals surface area (Å²) < 4.78 is 10.1. The van der Waals surface area contributed by atoms with Gasteiger partial charge in [-0.25, -0.2) is 0 Å². The van der Waals surface area contributed by atoms with Gasteiger partial charge >= 0.3 is 0 Å². The molecule has 1 aromatic carbocycles. The van der Waals surface area contributed by atoms with Crippen molar-refractivity contribution in [1.29, 1.82) is 0 Å². The third kappa shape index (κ3) is 4.38. The molecule has 1 N–H and O–H groups in total. The zero-order valence-corrected chi connectivity index (χ0v) is 11.8. The van der Waals surface area contributed by atoms with Crippen molar-refractivity contribution in [2.75, 3.05) is 40.5 Å². The largest absolute Gasteiger partial charge is 0.496 e. The van der Waals surface area contributed by atoms with E-state index in [9.17, 15) is 4.79 Å². The molecule has 0 spiro atoms. The van der Waals surface area contributed by atoms with Crippen molar-refractivity contribution in [3.8, 4) is 5.75 Å². The van der Waals surface area contributed by atoms with E-state index < -0.39 is 0 Å². The smallest absolute Gasteiger partial charge is 0.257 e. The van der Waals surface area contributed by atoms with Crippen molar-refractivity contribution in [3.05, 3.63) is 28.8 Å². The summed E-state index contributed by atoms with van der Waals surface area (Å²) in [6.45, 7) is 0.947. The van der Waals surface area contributed by atoms with Gasteiger partial charge in [-0.1, -0.05) is 11.6 Å². The summed E-state index contributed by atoms with van der Waals surface area (Å²) in [7, 11) is 3.04. The summed E-state index contributed by atoms with van der Waals surface area (Å²) in [5.74, 6) is 0.192. The van der Waals surface area contributed by atoms with E-state index in [2.05, 4.69) is 0 Å². The van der Waals surface area contributed by atoms with Gasteiger partial charge in [-0.05, 0) is 18.2 Å². The van der Waals surface area contributed by atoms with E-state index in [4.69, 9.17) is 26.2 Å². The summed E-state index contributed by atoms with van der Waals surface area (Å²) in [6, 6.07) is 4.83. The maximum Gasteiger partial charge on any atom is 0.257 e. The van der Waals surface area contributed by atoms with E-state index in [0.717, 1.165) is 0 Å². The molecule has 0 aliphatic heterocycles. The highest BCUT2D eigenvalue weighted by Crippen LogP contribution is 2.24. The minimum Gasteiger partial charge on any atom is -0.496 e. The highest BCUT2D eigenvalue weighted by Gasteiger charge is 2.19. The minimum atomic E-state index is -0.223. The zero-order chi connectivity index (χ0) is 14.3. The minimum absolute atomic E-state index is 0.106. The highest BCUT2D eigenvalue weighted by molar-refractivity contribution is 6.30. The summed E-state index contributed by atoms with van der Waals surface area (Å²) in [5, 5.41) is 9.51. The third-order valence-corrected chi connectivity index (χ3v) is 2.85. The lowest BCUT2D eigenvalue weighted by Crippen LogP contribution is -2.36. The van der Waals surface area contributed by atoms with Crippen molar-refractivity contribution in [2.24, 2.45) is 0 Å². The molecule has 0 saturated heterocycles. The van der Waals surface area contributed by atoms with Crippen LogP contribution >= 0.6 is 11.6 Å². The molecule has 1 amide bonds. The van der Waals surface area contributed by atoms with E-state index in [0.29, 0.717) is 29.5 Å². The third-order valence-electron chi connectivity index (χ3n) is 2.62. The molecular weight excluding hydrogens is 270 g/mol. The first-order valence-corrected chi connectivity index (χ1v) is 6.24. The predicted molar refractivity (Wildman–Crippen MR) is 72.9 cm³/mol. The van der Waals surface area contributed by atoms with Gasteiger partial charge in [-0.3, -0.25) is 4.79 Å². The van der Waals surface area contributed by atoms with E-state index >= 15 is 0 Å². The van der Waals surface area contributed by atoms with E-state index in [1.165, 1.54) is 12.0 Å². The Morgan fingerprint density at radius 2 is 2.11 bits per heavy atom. The number of amides is 1. The van der Waals surface area contributed by atoms with Crippen molar-refractivity contribution in [1.82, 2.24) is 4.90 Å². The van der Waals surface area contributed by atoms with Crippen LogP contribution in [0.15, 0.2) is 18.2 Å². The van der Waals surface area contributed by atoms with Crippen LogP contribution in [-0.4, -0.2) is 56.4 Å². The van der Waals surface area contributed by atoms with Gasteiger partial charge in [0, 0.05) is 25.2 Å². The Bertz CT molecular complexity index is 425. The molecule has 0 radical (unpaired) electrons. The normalized spacial score (nSPS) is 10.3. The number of benzene rings is 1. The van der Waals surface area contributed by atoms with Crippen molar-refractivity contribution in [2.45, 2.75) is 0 Å². The second kappa shape index (κ2) is 7.99. The molecule has 1 aromatic rings. The van der Waals surface area contributed by atoms with Gasteiger partial charge in [-0.15, -0.1) is 0 Å². The van der Waals surface area contributed by atoms with Crippen LogP contribution in [0.3, 0.4) is 0 Å². The summed E-state index contributed by atoms with van der Waals surface area (Å²) in [5.41, 5.74) is 0.413. The van der Waals surface area contributed by atoms with Gasteiger partial charge in [0.05, 0.1) is 25.9 Å². The number of methoxy groups -OCH3 is 2. The molecule has 6 heteroatoms. The van der Waals surface area contributed by atoms with Crippen LogP contribution in [0.4, 0.5) is 0 Å². The fourth-order valence-electron chi connectivity index (χ4n) is 1.65. The second-order valence-electron chi connectivity index (χ2n) is 3.85. The molecule has 0 aliphatic carbocycles. The molecule has 0 aliphatic rings. The number of aliphatic hydroxyl groups excluding tert-OH is 1. The van der Waals surface area contributed by atoms with Crippen LogP contribution in [0, 0.1) is 0 Å². The Labute approximate surface area is 117 Å². The Kier molecular flexibility index (Phi) is 6.62. The highest BCUT2D eigenvalue weighted by atomic mass is 35.5. The maximum absolute atomic E-state index is 12.4. The number of carbonyl (C=O) groups is 1. The fraction of sp³-hybridized carbons (Fsp3) is 0.462. The quantitative estimate of drug-likeness (QED) is 0.824. The van der Waals surface area contributed by atoms with Crippen molar-refractivity contribution < 1.29 is 19.4 Å². The van der Waals surface area contributed by atoms with Crippen LogP contribution in [0.5, 0.6) is 5.75 Å². The second-order valence-corrected chi connectivity index (χ2v) is 4.29. The Hall–Kier alpha value is -1.30. The first kappa shape index (κ1) is 15.8. The number of hydrogen-bond acceptors (Lipinski definition) is 4. The van der Waals surface area contributed by atoms with E-state index in [-0.39, 0.29) is 19.1 Å². The molecule has 0 unspecified atom stereocenters. The molecular formula is C13H18ClNO4. The number of aliphatic hydroxyl groups is 1.